The van der Waals surface area contributed by atoms with Crippen molar-refractivity contribution in [1.29, 1.82) is 0 Å². The smallest absolute Gasteiger partial charge is 0.294 e. The molecule has 1 atom stereocenters. The molecule has 4 nitrogen and oxygen atoms in total. The summed E-state index contributed by atoms with van der Waals surface area (Å²) in [5.41, 5.74) is 1.51. The molecule has 0 spiro atoms. The van der Waals surface area contributed by atoms with Crippen molar-refractivity contribution in [1.82, 2.24) is 0 Å². The van der Waals surface area contributed by atoms with Gasteiger partial charge < -0.3 is 4.74 Å². The van der Waals surface area contributed by atoms with Crippen LogP contribution >= 0.6 is 0 Å². The first-order valence-corrected chi connectivity index (χ1v) is 6.64. The number of hydrogen-bond donors (Lipinski definition) is 1. The lowest BCUT2D eigenvalue weighted by atomic mass is 10.0. The van der Waals surface area contributed by atoms with Crippen LogP contribution < -0.4 is 0 Å². The highest BCUT2D eigenvalue weighted by Gasteiger charge is 2.16. The highest BCUT2D eigenvalue weighted by atomic mass is 32.2. The molecule has 0 bridgehead atoms. The Balaban J connectivity index is 3.39. The maximum absolute atomic E-state index is 11.1. The quantitative estimate of drug-likeness (QED) is 0.823. The molecule has 0 fully saturated rings. The third-order valence-electron chi connectivity index (χ3n) is 2.58. The lowest BCUT2D eigenvalue weighted by Crippen LogP contribution is -2.05. The van der Waals surface area contributed by atoms with Gasteiger partial charge in [-0.15, -0.1) is 0 Å². The van der Waals surface area contributed by atoms with Crippen LogP contribution in [0.25, 0.3) is 6.08 Å². The number of benzene rings is 1. The molecule has 1 aromatic rings. The summed E-state index contributed by atoms with van der Waals surface area (Å²) in [4.78, 5) is -0.131. The second-order valence-electron chi connectivity index (χ2n) is 3.60. The van der Waals surface area contributed by atoms with Crippen LogP contribution in [-0.4, -0.2) is 20.1 Å². The molecule has 1 N–H and O–H groups in total. The molecule has 0 aliphatic rings. The summed E-state index contributed by atoms with van der Waals surface area (Å²) < 4.78 is 36.4. The van der Waals surface area contributed by atoms with Gasteiger partial charge in [0.2, 0.25) is 0 Å². The Kier molecular flexibility index (Phi) is 4.45. The topological polar surface area (TPSA) is 63.6 Å². The van der Waals surface area contributed by atoms with Crippen molar-refractivity contribution in [2.24, 2.45) is 0 Å². The van der Waals surface area contributed by atoms with Crippen LogP contribution in [0.4, 0.5) is 0 Å². The van der Waals surface area contributed by atoms with E-state index in [0.29, 0.717) is 12.0 Å². The molecule has 1 rings (SSSR count). The fraction of sp³-hybridized carbons (Fsp3) is 0.333. The van der Waals surface area contributed by atoms with Crippen molar-refractivity contribution >= 4 is 16.2 Å². The van der Waals surface area contributed by atoms with E-state index in [4.69, 9.17) is 9.29 Å². The average Bonchev–Trinajstić information content (AvgIpc) is 2.29. The number of ether oxygens (including phenoxy) is 1. The predicted octanol–water partition coefficient (Wildman–Crippen LogP) is 2.67. The maximum atomic E-state index is 11.1. The van der Waals surface area contributed by atoms with Gasteiger partial charge in [0.1, 0.15) is 0 Å². The Hall–Kier alpha value is -1.17. The third kappa shape index (κ3) is 3.15. The third-order valence-corrected chi connectivity index (χ3v) is 3.43. The Labute approximate surface area is 102 Å². The van der Waals surface area contributed by atoms with Crippen LogP contribution in [0.2, 0.25) is 0 Å². The zero-order chi connectivity index (χ0) is 13.1. The largest absolute Gasteiger partial charge is 0.377 e. The van der Waals surface area contributed by atoms with Crippen molar-refractivity contribution in [2.75, 3.05) is 7.11 Å². The van der Waals surface area contributed by atoms with Gasteiger partial charge >= 0.3 is 0 Å². The molecule has 0 amide bonds. The molecule has 0 saturated heterocycles. The van der Waals surface area contributed by atoms with Crippen molar-refractivity contribution in [2.45, 2.75) is 24.3 Å². The van der Waals surface area contributed by atoms with Gasteiger partial charge in [0, 0.05) is 7.11 Å². The molecule has 0 aliphatic heterocycles. The van der Waals surface area contributed by atoms with Crippen LogP contribution in [0.5, 0.6) is 0 Å². The van der Waals surface area contributed by atoms with E-state index >= 15 is 0 Å². The number of methoxy groups -OCH3 is 1. The van der Waals surface area contributed by atoms with Crippen LogP contribution in [0.3, 0.4) is 0 Å². The van der Waals surface area contributed by atoms with Gasteiger partial charge in [-0.05, 0) is 29.7 Å². The van der Waals surface area contributed by atoms with E-state index in [1.54, 1.807) is 19.3 Å². The molecule has 0 aromatic heterocycles. The van der Waals surface area contributed by atoms with E-state index < -0.39 is 10.1 Å². The molecule has 17 heavy (non-hydrogen) atoms. The first-order chi connectivity index (χ1) is 7.93. The minimum absolute atomic E-state index is 0.131. The maximum Gasteiger partial charge on any atom is 0.294 e. The highest BCUT2D eigenvalue weighted by Crippen LogP contribution is 2.27. The first-order valence-electron chi connectivity index (χ1n) is 5.20. The van der Waals surface area contributed by atoms with E-state index in [1.165, 1.54) is 12.1 Å². The standard InChI is InChI=1S/C12H16O4S/c1-4-9-6-7-10(17(13,14)15)8-11(9)12(5-2)16-3/h4,6-8,12H,1,5H2,2-3H3,(H,13,14,15). The van der Waals surface area contributed by atoms with Gasteiger partial charge in [0.05, 0.1) is 11.0 Å². The van der Waals surface area contributed by atoms with E-state index in [9.17, 15) is 8.42 Å². The summed E-state index contributed by atoms with van der Waals surface area (Å²) >= 11 is 0. The van der Waals surface area contributed by atoms with Gasteiger partial charge in [-0.25, -0.2) is 0 Å². The Morgan fingerprint density at radius 3 is 2.59 bits per heavy atom. The average molecular weight is 256 g/mol. The molecule has 0 aliphatic carbocycles. The van der Waals surface area contributed by atoms with Crippen molar-refractivity contribution in [3.05, 3.63) is 35.9 Å². The lowest BCUT2D eigenvalue weighted by molar-refractivity contribution is 0.0997. The Morgan fingerprint density at radius 2 is 2.18 bits per heavy atom. The van der Waals surface area contributed by atoms with Crippen LogP contribution in [0.15, 0.2) is 29.7 Å². The van der Waals surface area contributed by atoms with Crippen molar-refractivity contribution in [3.63, 3.8) is 0 Å². The van der Waals surface area contributed by atoms with Gasteiger partial charge in [0.15, 0.2) is 0 Å². The molecule has 1 unspecified atom stereocenters. The summed E-state index contributed by atoms with van der Waals surface area (Å²) in [6, 6.07) is 4.37. The molecule has 94 valence electrons. The van der Waals surface area contributed by atoms with Crippen LogP contribution in [0.1, 0.15) is 30.6 Å². The van der Waals surface area contributed by atoms with E-state index in [-0.39, 0.29) is 11.0 Å². The van der Waals surface area contributed by atoms with Gasteiger partial charge in [-0.2, -0.15) is 8.42 Å². The van der Waals surface area contributed by atoms with E-state index in [0.717, 1.165) is 5.56 Å². The van der Waals surface area contributed by atoms with Gasteiger partial charge in [-0.1, -0.05) is 25.6 Å². The zero-order valence-electron chi connectivity index (χ0n) is 9.88. The molecular weight excluding hydrogens is 240 g/mol. The zero-order valence-corrected chi connectivity index (χ0v) is 10.7. The highest BCUT2D eigenvalue weighted by molar-refractivity contribution is 7.85. The molecule has 0 heterocycles. The number of hydrogen-bond acceptors (Lipinski definition) is 3. The second-order valence-corrected chi connectivity index (χ2v) is 5.02. The molecule has 0 saturated carbocycles. The minimum Gasteiger partial charge on any atom is -0.377 e. The van der Waals surface area contributed by atoms with Crippen LogP contribution in [-0.2, 0) is 14.9 Å². The minimum atomic E-state index is -4.19. The lowest BCUT2D eigenvalue weighted by Gasteiger charge is -2.16. The summed E-state index contributed by atoms with van der Waals surface area (Å²) in [7, 11) is -2.63. The van der Waals surface area contributed by atoms with Crippen LogP contribution in [0, 0.1) is 0 Å². The van der Waals surface area contributed by atoms with Gasteiger partial charge in [0.25, 0.3) is 10.1 Å². The number of rotatable bonds is 5. The van der Waals surface area contributed by atoms with E-state index in [1.807, 2.05) is 6.92 Å². The van der Waals surface area contributed by atoms with E-state index in [2.05, 4.69) is 6.58 Å². The SMILES string of the molecule is C=Cc1ccc(S(=O)(=O)O)cc1C(CC)OC. The Bertz CT molecular complexity index is 501. The molecule has 5 heteroatoms. The monoisotopic (exact) mass is 256 g/mol. The summed E-state index contributed by atoms with van der Waals surface area (Å²) in [6.45, 7) is 5.60. The fourth-order valence-electron chi connectivity index (χ4n) is 1.69. The summed E-state index contributed by atoms with van der Waals surface area (Å²) in [5.74, 6) is 0. The fourth-order valence-corrected chi connectivity index (χ4v) is 2.21. The second kappa shape index (κ2) is 5.44. The molecule has 1 aromatic carbocycles. The molecular formula is C12H16O4S. The normalized spacial score (nSPS) is 13.4. The van der Waals surface area contributed by atoms with Gasteiger partial charge in [-0.3, -0.25) is 4.55 Å². The van der Waals surface area contributed by atoms with Crippen molar-refractivity contribution < 1.29 is 17.7 Å². The Morgan fingerprint density at radius 1 is 1.53 bits per heavy atom. The first kappa shape index (κ1) is 13.9. The summed E-state index contributed by atoms with van der Waals surface area (Å²) in [6.07, 6.45) is 2.11. The van der Waals surface area contributed by atoms with Crippen molar-refractivity contribution in [3.8, 4) is 0 Å². The predicted molar refractivity (Wildman–Crippen MR) is 66.4 cm³/mol. The molecule has 0 radical (unpaired) electrons. The summed E-state index contributed by atoms with van der Waals surface area (Å²) in [5, 5.41) is 0.